The Hall–Kier alpha value is -2.13. The van der Waals surface area contributed by atoms with Gasteiger partial charge in [0.25, 0.3) is 0 Å². The molecule has 0 saturated heterocycles. The highest BCUT2D eigenvalue weighted by Gasteiger charge is 2.34. The van der Waals surface area contributed by atoms with Crippen molar-refractivity contribution in [1.82, 2.24) is 10.9 Å². The van der Waals surface area contributed by atoms with E-state index in [0.717, 1.165) is 31.1 Å². The van der Waals surface area contributed by atoms with Crippen LogP contribution < -0.4 is 10.9 Å². The summed E-state index contributed by atoms with van der Waals surface area (Å²) >= 11 is 0. The number of unbranched alkanes of at least 4 members (excludes halogenated alkanes) is 9. The van der Waals surface area contributed by atoms with Crippen LogP contribution in [0.15, 0.2) is 54.6 Å². The SMILES string of the molecule is CCCCCCCC[C@H]1C[C@H]1CCCCCCCC(=O)NNC(Cc1ccc(C)cc1)c1ccccc1. The third-order valence-corrected chi connectivity index (χ3v) is 8.12. The van der Waals surface area contributed by atoms with Gasteiger partial charge in [0.05, 0.1) is 6.04 Å². The van der Waals surface area contributed by atoms with Crippen LogP contribution in [0.4, 0.5) is 0 Å². The molecular weight excluding hydrogens is 452 g/mol. The number of aryl methyl sites for hydroxylation is 1. The molecule has 0 bridgehead atoms. The van der Waals surface area contributed by atoms with Crippen LogP contribution in [-0.4, -0.2) is 5.91 Å². The second-order valence-corrected chi connectivity index (χ2v) is 11.5. The van der Waals surface area contributed by atoms with Crippen LogP contribution in [0.1, 0.15) is 126 Å². The van der Waals surface area contributed by atoms with Crippen LogP contribution in [0.25, 0.3) is 0 Å². The van der Waals surface area contributed by atoms with Crippen LogP contribution >= 0.6 is 0 Å². The minimum Gasteiger partial charge on any atom is -0.291 e. The molecule has 1 aliphatic rings. The second kappa shape index (κ2) is 17.4. The zero-order valence-corrected chi connectivity index (χ0v) is 23.7. The normalized spacial score (nSPS) is 17.5. The van der Waals surface area contributed by atoms with E-state index < -0.39 is 0 Å². The first-order valence-corrected chi connectivity index (χ1v) is 15.3. The quantitative estimate of drug-likeness (QED) is 0.139. The first kappa shape index (κ1) is 29.4. The van der Waals surface area contributed by atoms with Crippen LogP contribution in [0.5, 0.6) is 0 Å². The van der Waals surface area contributed by atoms with Gasteiger partial charge in [-0.15, -0.1) is 0 Å². The first-order valence-electron chi connectivity index (χ1n) is 15.3. The Kier molecular flexibility index (Phi) is 13.8. The topological polar surface area (TPSA) is 41.1 Å². The Bertz CT molecular complexity index is 863. The summed E-state index contributed by atoms with van der Waals surface area (Å²) < 4.78 is 0. The van der Waals surface area contributed by atoms with Crippen LogP contribution in [0, 0.1) is 18.8 Å². The lowest BCUT2D eigenvalue weighted by molar-refractivity contribution is -0.122. The molecule has 1 fully saturated rings. The van der Waals surface area contributed by atoms with Gasteiger partial charge in [0, 0.05) is 6.42 Å². The van der Waals surface area contributed by atoms with E-state index in [1.54, 1.807) is 0 Å². The Labute approximate surface area is 227 Å². The number of rotatable bonds is 20. The number of amides is 1. The summed E-state index contributed by atoms with van der Waals surface area (Å²) in [6.45, 7) is 4.40. The Morgan fingerprint density at radius 2 is 1.38 bits per heavy atom. The number of hydrogen-bond acceptors (Lipinski definition) is 2. The highest BCUT2D eigenvalue weighted by atomic mass is 16.2. The third kappa shape index (κ3) is 12.3. The van der Waals surface area contributed by atoms with E-state index >= 15 is 0 Å². The van der Waals surface area contributed by atoms with Gasteiger partial charge in [-0.25, -0.2) is 5.43 Å². The van der Waals surface area contributed by atoms with E-state index in [4.69, 9.17) is 0 Å². The summed E-state index contributed by atoms with van der Waals surface area (Å²) in [4.78, 5) is 12.5. The molecule has 1 unspecified atom stereocenters. The fraction of sp³-hybridized carbons (Fsp3) is 0.618. The van der Waals surface area contributed by atoms with Crippen molar-refractivity contribution < 1.29 is 4.79 Å². The molecule has 2 aromatic rings. The van der Waals surface area contributed by atoms with Crippen molar-refractivity contribution in [3.05, 3.63) is 71.3 Å². The van der Waals surface area contributed by atoms with Gasteiger partial charge in [-0.3, -0.25) is 10.2 Å². The predicted molar refractivity (Wildman–Crippen MR) is 157 cm³/mol. The number of hydrazine groups is 1. The fourth-order valence-electron chi connectivity index (χ4n) is 5.55. The minimum absolute atomic E-state index is 0.0557. The first-order chi connectivity index (χ1) is 18.2. The van der Waals surface area contributed by atoms with Gasteiger partial charge in [0.2, 0.25) is 5.91 Å². The summed E-state index contributed by atoms with van der Waals surface area (Å²) in [5, 5.41) is 0. The zero-order chi connectivity index (χ0) is 26.1. The van der Waals surface area contributed by atoms with Gasteiger partial charge < -0.3 is 0 Å². The number of hydrogen-bond donors (Lipinski definition) is 2. The maximum Gasteiger partial charge on any atom is 0.234 e. The molecule has 1 saturated carbocycles. The number of benzene rings is 2. The van der Waals surface area contributed by atoms with Crippen molar-refractivity contribution in [2.45, 2.75) is 123 Å². The second-order valence-electron chi connectivity index (χ2n) is 11.5. The van der Waals surface area contributed by atoms with E-state index in [1.165, 1.54) is 93.7 Å². The molecule has 0 aliphatic heterocycles. The lowest BCUT2D eigenvalue weighted by Crippen LogP contribution is -2.40. The van der Waals surface area contributed by atoms with Crippen molar-refractivity contribution in [3.63, 3.8) is 0 Å². The van der Waals surface area contributed by atoms with E-state index in [9.17, 15) is 4.79 Å². The molecule has 1 amide bonds. The van der Waals surface area contributed by atoms with E-state index in [1.807, 2.05) is 6.07 Å². The molecule has 0 aromatic heterocycles. The molecule has 0 spiro atoms. The Balaban J connectivity index is 1.21. The zero-order valence-electron chi connectivity index (χ0n) is 23.7. The summed E-state index contributed by atoms with van der Waals surface area (Å²) in [5.74, 6) is 2.18. The highest BCUT2D eigenvalue weighted by Crippen LogP contribution is 2.45. The molecule has 3 atom stereocenters. The largest absolute Gasteiger partial charge is 0.291 e. The summed E-state index contributed by atoms with van der Waals surface area (Å²) in [6, 6.07) is 19.1. The van der Waals surface area contributed by atoms with Crippen molar-refractivity contribution in [1.29, 1.82) is 0 Å². The molecule has 3 rings (SSSR count). The summed E-state index contributed by atoms with van der Waals surface area (Å²) in [5.41, 5.74) is 10.0. The van der Waals surface area contributed by atoms with Gasteiger partial charge in [-0.2, -0.15) is 0 Å². The van der Waals surface area contributed by atoms with Crippen LogP contribution in [0.3, 0.4) is 0 Å². The van der Waals surface area contributed by atoms with Crippen LogP contribution in [-0.2, 0) is 11.2 Å². The third-order valence-electron chi connectivity index (χ3n) is 8.12. The van der Waals surface area contributed by atoms with Gasteiger partial charge in [-0.1, -0.05) is 144 Å². The van der Waals surface area contributed by atoms with Crippen molar-refractivity contribution >= 4 is 5.91 Å². The monoisotopic (exact) mass is 504 g/mol. The minimum atomic E-state index is 0.0557. The molecule has 2 aromatic carbocycles. The molecule has 0 radical (unpaired) electrons. The van der Waals surface area contributed by atoms with Crippen molar-refractivity contribution in [3.8, 4) is 0 Å². The molecule has 0 heterocycles. The average Bonchev–Trinajstić information content (AvgIpc) is 3.67. The number of nitrogens with one attached hydrogen (secondary N) is 2. The molecule has 204 valence electrons. The average molecular weight is 505 g/mol. The molecule has 37 heavy (non-hydrogen) atoms. The van der Waals surface area contributed by atoms with E-state index in [2.05, 4.69) is 73.2 Å². The molecule has 1 aliphatic carbocycles. The van der Waals surface area contributed by atoms with Gasteiger partial charge in [-0.05, 0) is 49.1 Å². The number of carbonyl (C=O) groups is 1. The van der Waals surface area contributed by atoms with Crippen LogP contribution in [0.2, 0.25) is 0 Å². The summed E-state index contributed by atoms with van der Waals surface area (Å²) in [7, 11) is 0. The fourth-order valence-corrected chi connectivity index (χ4v) is 5.55. The van der Waals surface area contributed by atoms with E-state index in [-0.39, 0.29) is 11.9 Å². The summed E-state index contributed by atoms with van der Waals surface area (Å²) in [6.07, 6.45) is 20.5. The maximum atomic E-state index is 12.5. The molecule has 2 N–H and O–H groups in total. The molecular formula is C34H52N2O. The lowest BCUT2D eigenvalue weighted by Gasteiger charge is -2.20. The van der Waals surface area contributed by atoms with Gasteiger partial charge >= 0.3 is 0 Å². The lowest BCUT2D eigenvalue weighted by atomic mass is 9.99. The van der Waals surface area contributed by atoms with Crippen molar-refractivity contribution in [2.75, 3.05) is 0 Å². The Morgan fingerprint density at radius 3 is 2.03 bits per heavy atom. The van der Waals surface area contributed by atoms with Gasteiger partial charge in [0.1, 0.15) is 0 Å². The molecule has 3 nitrogen and oxygen atoms in total. The highest BCUT2D eigenvalue weighted by molar-refractivity contribution is 5.75. The van der Waals surface area contributed by atoms with Crippen molar-refractivity contribution in [2.24, 2.45) is 11.8 Å². The smallest absolute Gasteiger partial charge is 0.234 e. The van der Waals surface area contributed by atoms with E-state index in [0.29, 0.717) is 6.42 Å². The standard InChI is InChI=1S/C34H52N2O/c1-3-4-5-6-8-12-19-31-27-32(31)20-13-9-7-10-16-21-34(37)36-35-33(30-17-14-11-15-18-30)26-29-24-22-28(2)23-25-29/h11,14-15,17-18,22-25,31-33,35H,3-10,12-13,16,19-21,26-27H2,1-2H3,(H,36,37)/t31-,32+,33?/m0/s1. The molecule has 3 heteroatoms. The predicted octanol–water partition coefficient (Wildman–Crippen LogP) is 9.02. The van der Waals surface area contributed by atoms with Gasteiger partial charge in [0.15, 0.2) is 0 Å². The Morgan fingerprint density at radius 1 is 0.784 bits per heavy atom. The number of carbonyl (C=O) groups excluding carboxylic acids is 1. The maximum absolute atomic E-state index is 12.5.